The van der Waals surface area contributed by atoms with Gasteiger partial charge in [-0.05, 0) is 38.3 Å². The molecule has 0 aromatic carbocycles. The summed E-state index contributed by atoms with van der Waals surface area (Å²) in [6, 6.07) is 1.67. The SMILES string of the molecule is CCCNCCNC(=O)c1ccnc(N2CCCCC2)n1.Cl.Cl. The maximum atomic E-state index is 12.1. The fourth-order valence-corrected chi connectivity index (χ4v) is 2.38. The van der Waals surface area contributed by atoms with Gasteiger partial charge in [-0.3, -0.25) is 4.79 Å². The van der Waals surface area contributed by atoms with Gasteiger partial charge in [0.2, 0.25) is 5.95 Å². The quantitative estimate of drug-likeness (QED) is 0.725. The number of rotatable bonds is 7. The van der Waals surface area contributed by atoms with E-state index < -0.39 is 0 Å². The fraction of sp³-hybridized carbons (Fsp3) is 0.667. The molecule has 0 aliphatic carbocycles. The van der Waals surface area contributed by atoms with Crippen molar-refractivity contribution in [3.05, 3.63) is 18.0 Å². The lowest BCUT2D eigenvalue weighted by molar-refractivity contribution is 0.0949. The summed E-state index contributed by atoms with van der Waals surface area (Å²) in [5.74, 6) is 0.542. The van der Waals surface area contributed by atoms with E-state index in [4.69, 9.17) is 0 Å². The summed E-state index contributed by atoms with van der Waals surface area (Å²) < 4.78 is 0. The van der Waals surface area contributed by atoms with Crippen molar-refractivity contribution >= 4 is 36.7 Å². The predicted octanol–water partition coefficient (Wildman–Crippen LogP) is 2.04. The van der Waals surface area contributed by atoms with Gasteiger partial charge >= 0.3 is 0 Å². The van der Waals surface area contributed by atoms with E-state index in [1.807, 2.05) is 0 Å². The molecular weight excluding hydrogens is 337 g/mol. The van der Waals surface area contributed by atoms with E-state index in [1.165, 1.54) is 19.3 Å². The average Bonchev–Trinajstić information content (AvgIpc) is 2.55. The molecule has 1 aromatic heterocycles. The van der Waals surface area contributed by atoms with Gasteiger partial charge in [0.15, 0.2) is 0 Å². The molecule has 132 valence electrons. The highest BCUT2D eigenvalue weighted by Crippen LogP contribution is 2.15. The standard InChI is InChI=1S/C15H25N5O.2ClH/c1-2-7-16-9-10-17-14(21)13-6-8-18-15(19-13)20-11-4-3-5-12-20;;/h6,8,16H,2-5,7,9-12H2,1H3,(H,17,21);2*1H. The van der Waals surface area contributed by atoms with Crippen LogP contribution in [0.1, 0.15) is 43.1 Å². The minimum atomic E-state index is -0.131. The molecule has 1 amide bonds. The van der Waals surface area contributed by atoms with Gasteiger partial charge in [0, 0.05) is 32.4 Å². The molecule has 1 aliphatic rings. The van der Waals surface area contributed by atoms with Crippen LogP contribution in [-0.4, -0.2) is 48.6 Å². The Morgan fingerprint density at radius 1 is 1.17 bits per heavy atom. The number of hydrogen-bond donors (Lipinski definition) is 2. The maximum Gasteiger partial charge on any atom is 0.270 e. The smallest absolute Gasteiger partial charge is 0.270 e. The molecule has 1 aliphatic heterocycles. The summed E-state index contributed by atoms with van der Waals surface area (Å²) in [6.07, 6.45) is 6.37. The van der Waals surface area contributed by atoms with E-state index in [1.54, 1.807) is 12.3 Å². The van der Waals surface area contributed by atoms with Crippen LogP contribution in [0.5, 0.6) is 0 Å². The van der Waals surface area contributed by atoms with Gasteiger partial charge in [0.25, 0.3) is 5.91 Å². The molecule has 6 nitrogen and oxygen atoms in total. The van der Waals surface area contributed by atoms with Crippen molar-refractivity contribution < 1.29 is 4.79 Å². The van der Waals surface area contributed by atoms with Crippen molar-refractivity contribution in [3.63, 3.8) is 0 Å². The molecule has 1 aromatic rings. The van der Waals surface area contributed by atoms with Crippen LogP contribution in [0.3, 0.4) is 0 Å². The summed E-state index contributed by atoms with van der Waals surface area (Å²) >= 11 is 0. The van der Waals surface area contributed by atoms with Crippen LogP contribution < -0.4 is 15.5 Å². The molecule has 2 heterocycles. The van der Waals surface area contributed by atoms with E-state index in [9.17, 15) is 4.79 Å². The normalized spacial score (nSPS) is 13.7. The molecule has 23 heavy (non-hydrogen) atoms. The Labute approximate surface area is 150 Å². The average molecular weight is 364 g/mol. The molecule has 2 rings (SSSR count). The molecule has 2 N–H and O–H groups in total. The van der Waals surface area contributed by atoms with Crippen LogP contribution in [0, 0.1) is 0 Å². The van der Waals surface area contributed by atoms with Gasteiger partial charge in [-0.15, -0.1) is 24.8 Å². The minimum absolute atomic E-state index is 0. The highest BCUT2D eigenvalue weighted by molar-refractivity contribution is 5.92. The third-order valence-corrected chi connectivity index (χ3v) is 3.53. The lowest BCUT2D eigenvalue weighted by atomic mass is 10.1. The van der Waals surface area contributed by atoms with Crippen LogP contribution in [0.15, 0.2) is 12.3 Å². The zero-order chi connectivity index (χ0) is 14.9. The molecule has 1 fully saturated rings. The summed E-state index contributed by atoms with van der Waals surface area (Å²) in [5.41, 5.74) is 0.445. The summed E-state index contributed by atoms with van der Waals surface area (Å²) in [5, 5.41) is 6.13. The second-order valence-corrected chi connectivity index (χ2v) is 5.30. The zero-order valence-electron chi connectivity index (χ0n) is 13.6. The second kappa shape index (κ2) is 12.3. The Hall–Kier alpha value is -1.11. The lowest BCUT2D eigenvalue weighted by Gasteiger charge is -2.26. The third kappa shape index (κ3) is 7.33. The van der Waals surface area contributed by atoms with Gasteiger partial charge in [-0.1, -0.05) is 6.92 Å². The van der Waals surface area contributed by atoms with Crippen LogP contribution in [0.25, 0.3) is 0 Å². The van der Waals surface area contributed by atoms with Crippen LogP contribution >= 0.6 is 24.8 Å². The summed E-state index contributed by atoms with van der Waals surface area (Å²) in [7, 11) is 0. The van der Waals surface area contributed by atoms with E-state index >= 15 is 0 Å². The first kappa shape index (κ1) is 21.9. The first-order valence-corrected chi connectivity index (χ1v) is 7.88. The number of piperidine rings is 1. The number of carbonyl (C=O) groups excluding carboxylic acids is 1. The van der Waals surface area contributed by atoms with Gasteiger partial charge in [-0.25, -0.2) is 9.97 Å². The molecule has 0 bridgehead atoms. The van der Waals surface area contributed by atoms with Gasteiger partial charge in [0.1, 0.15) is 5.69 Å². The summed E-state index contributed by atoms with van der Waals surface area (Å²) in [6.45, 7) is 6.45. The second-order valence-electron chi connectivity index (χ2n) is 5.30. The number of hydrogen-bond acceptors (Lipinski definition) is 5. The molecule has 1 saturated heterocycles. The molecule has 8 heteroatoms. The Morgan fingerprint density at radius 3 is 2.61 bits per heavy atom. The number of amides is 1. The first-order chi connectivity index (χ1) is 10.3. The van der Waals surface area contributed by atoms with Gasteiger partial charge < -0.3 is 15.5 Å². The zero-order valence-corrected chi connectivity index (χ0v) is 15.2. The first-order valence-electron chi connectivity index (χ1n) is 7.88. The van der Waals surface area contributed by atoms with Gasteiger partial charge in [0.05, 0.1) is 0 Å². The molecule has 0 atom stereocenters. The van der Waals surface area contributed by atoms with Crippen LogP contribution in [-0.2, 0) is 0 Å². The molecule has 0 radical (unpaired) electrons. The summed E-state index contributed by atoms with van der Waals surface area (Å²) in [4.78, 5) is 22.9. The van der Waals surface area contributed by atoms with Crippen molar-refractivity contribution in [1.82, 2.24) is 20.6 Å². The van der Waals surface area contributed by atoms with Crippen LogP contribution in [0.4, 0.5) is 5.95 Å². The van der Waals surface area contributed by atoms with Gasteiger partial charge in [-0.2, -0.15) is 0 Å². The Morgan fingerprint density at radius 2 is 1.91 bits per heavy atom. The van der Waals surface area contributed by atoms with Crippen molar-refractivity contribution in [2.24, 2.45) is 0 Å². The van der Waals surface area contributed by atoms with Crippen molar-refractivity contribution in [2.75, 3.05) is 37.6 Å². The van der Waals surface area contributed by atoms with Crippen LogP contribution in [0.2, 0.25) is 0 Å². The Bertz CT molecular complexity index is 455. The third-order valence-electron chi connectivity index (χ3n) is 3.53. The lowest BCUT2D eigenvalue weighted by Crippen LogP contribution is -2.34. The van der Waals surface area contributed by atoms with E-state index in [0.29, 0.717) is 18.2 Å². The highest BCUT2D eigenvalue weighted by Gasteiger charge is 2.15. The van der Waals surface area contributed by atoms with Crippen molar-refractivity contribution in [2.45, 2.75) is 32.6 Å². The number of aromatic nitrogens is 2. The number of halogens is 2. The monoisotopic (exact) mass is 363 g/mol. The molecule has 0 unspecified atom stereocenters. The number of nitrogens with zero attached hydrogens (tertiary/aromatic N) is 3. The number of anilines is 1. The van der Waals surface area contributed by atoms with Crippen molar-refractivity contribution in [1.29, 1.82) is 0 Å². The molecular formula is C15H27Cl2N5O. The Balaban J connectivity index is 0.00000242. The number of nitrogens with one attached hydrogen (secondary N) is 2. The molecule has 0 saturated carbocycles. The number of carbonyl (C=O) groups is 1. The van der Waals surface area contributed by atoms with E-state index in [2.05, 4.69) is 32.4 Å². The molecule has 0 spiro atoms. The maximum absolute atomic E-state index is 12.1. The minimum Gasteiger partial charge on any atom is -0.349 e. The predicted molar refractivity (Wildman–Crippen MR) is 98.1 cm³/mol. The highest BCUT2D eigenvalue weighted by atomic mass is 35.5. The topological polar surface area (TPSA) is 70.2 Å². The van der Waals surface area contributed by atoms with Crippen molar-refractivity contribution in [3.8, 4) is 0 Å². The Kier molecular flexibility index (Phi) is 11.7. The van der Waals surface area contributed by atoms with E-state index in [0.717, 1.165) is 32.6 Å². The fourth-order valence-electron chi connectivity index (χ4n) is 2.38. The van der Waals surface area contributed by atoms with E-state index in [-0.39, 0.29) is 30.7 Å². The largest absolute Gasteiger partial charge is 0.349 e.